The summed E-state index contributed by atoms with van der Waals surface area (Å²) in [6.07, 6.45) is 5.60. The van der Waals surface area contributed by atoms with E-state index in [2.05, 4.69) is 28.8 Å². The Balaban J connectivity index is 1.42. The minimum Gasteiger partial charge on any atom is -0.347 e. The predicted octanol–water partition coefficient (Wildman–Crippen LogP) is 5.11. The highest BCUT2D eigenvalue weighted by Gasteiger charge is 2.20. The number of fused-ring (bicyclic) bond motifs is 2. The second-order valence-electron chi connectivity index (χ2n) is 7.13. The van der Waals surface area contributed by atoms with Crippen molar-refractivity contribution in [3.8, 4) is 0 Å². The third-order valence-electron chi connectivity index (χ3n) is 4.74. The molecule has 0 fully saturated rings. The van der Waals surface area contributed by atoms with Gasteiger partial charge >= 0.3 is 0 Å². The number of nitrogens with zero attached hydrogens (tertiary/aromatic N) is 1. The van der Waals surface area contributed by atoms with E-state index in [0.29, 0.717) is 45.8 Å². The normalized spacial score (nSPS) is 12.3. The van der Waals surface area contributed by atoms with Crippen molar-refractivity contribution in [1.29, 1.82) is 0 Å². The zero-order chi connectivity index (χ0) is 23.4. The van der Waals surface area contributed by atoms with E-state index in [0.717, 1.165) is 14.7 Å². The average Bonchev–Trinajstić information content (AvgIpc) is 3.25. The smallest absolute Gasteiger partial charge is 0.256 e. The van der Waals surface area contributed by atoms with E-state index in [1.54, 1.807) is 36.5 Å². The first kappa shape index (κ1) is 22.4. The highest BCUT2D eigenvalue weighted by atomic mass is 32.2. The fraction of sp³-hybridized carbons (Fsp3) is 0.0400. The van der Waals surface area contributed by atoms with Crippen LogP contribution < -0.4 is 10.6 Å². The third-order valence-corrected chi connectivity index (χ3v) is 6.97. The molecule has 3 aromatic rings. The van der Waals surface area contributed by atoms with Gasteiger partial charge in [0, 0.05) is 37.6 Å². The second-order valence-corrected chi connectivity index (χ2v) is 9.33. The number of carbonyl (C=O) groups is 3. The Labute approximate surface area is 199 Å². The number of aromatic nitrogens is 1. The highest BCUT2D eigenvalue weighted by Crippen LogP contribution is 2.39. The van der Waals surface area contributed by atoms with E-state index < -0.39 is 0 Å². The van der Waals surface area contributed by atoms with Gasteiger partial charge in [0.05, 0.1) is 17.8 Å². The molecule has 6 nitrogen and oxygen atoms in total. The van der Waals surface area contributed by atoms with Crippen LogP contribution >= 0.6 is 23.1 Å². The van der Waals surface area contributed by atoms with E-state index in [1.165, 1.54) is 23.1 Å². The summed E-state index contributed by atoms with van der Waals surface area (Å²) in [5.41, 5.74) is 2.66. The van der Waals surface area contributed by atoms with Gasteiger partial charge in [-0.05, 0) is 30.3 Å². The maximum atomic E-state index is 12.7. The minimum atomic E-state index is -0.255. The van der Waals surface area contributed by atoms with Crippen LogP contribution in [0.2, 0.25) is 0 Å². The summed E-state index contributed by atoms with van der Waals surface area (Å²) in [6, 6.07) is 12.7. The number of thiazole rings is 1. The molecule has 0 spiro atoms. The average molecular weight is 474 g/mol. The first-order valence-corrected chi connectivity index (χ1v) is 11.5. The van der Waals surface area contributed by atoms with Crippen LogP contribution in [0.3, 0.4) is 0 Å². The number of aldehydes is 1. The lowest BCUT2D eigenvalue weighted by atomic mass is 10.1. The number of allylic oxidation sites excluding steroid dienone is 4. The summed E-state index contributed by atoms with van der Waals surface area (Å²) in [5.74, 6) is -0.452. The van der Waals surface area contributed by atoms with Gasteiger partial charge in [0.15, 0.2) is 0 Å². The number of rotatable bonds is 7. The Morgan fingerprint density at radius 1 is 1.12 bits per heavy atom. The SMILES string of the molecule is C=C(C=O)/C=C\C(=C)c1ncc(CNC(=O)c2ccc3c(c2)NC(=O)c2ccccc2S3)s1. The lowest BCUT2D eigenvalue weighted by Gasteiger charge is -2.09. The molecule has 1 aliphatic heterocycles. The van der Waals surface area contributed by atoms with E-state index >= 15 is 0 Å². The van der Waals surface area contributed by atoms with Crippen molar-refractivity contribution in [2.45, 2.75) is 16.3 Å². The van der Waals surface area contributed by atoms with E-state index in [9.17, 15) is 14.4 Å². The van der Waals surface area contributed by atoms with Gasteiger partial charge in [0.1, 0.15) is 11.3 Å². The number of hydrogen-bond acceptors (Lipinski definition) is 6. The van der Waals surface area contributed by atoms with Crippen molar-refractivity contribution < 1.29 is 14.4 Å². The lowest BCUT2D eigenvalue weighted by Crippen LogP contribution is -2.22. The van der Waals surface area contributed by atoms with Crippen LogP contribution in [0.25, 0.3) is 5.57 Å². The first-order chi connectivity index (χ1) is 15.9. The van der Waals surface area contributed by atoms with Gasteiger partial charge in [-0.2, -0.15) is 0 Å². The van der Waals surface area contributed by atoms with Crippen molar-refractivity contribution >= 4 is 52.5 Å². The van der Waals surface area contributed by atoms with E-state index in [4.69, 9.17) is 0 Å². The zero-order valence-electron chi connectivity index (χ0n) is 17.5. The van der Waals surface area contributed by atoms with Gasteiger partial charge < -0.3 is 10.6 Å². The van der Waals surface area contributed by atoms with Crippen LogP contribution in [0.5, 0.6) is 0 Å². The molecular formula is C25H19N3O3S2. The quantitative estimate of drug-likeness (QED) is 0.283. The van der Waals surface area contributed by atoms with Crippen molar-refractivity contribution in [3.63, 3.8) is 0 Å². The highest BCUT2D eigenvalue weighted by molar-refractivity contribution is 7.99. The molecule has 164 valence electrons. The topological polar surface area (TPSA) is 88.2 Å². The predicted molar refractivity (Wildman–Crippen MR) is 132 cm³/mol. The van der Waals surface area contributed by atoms with Crippen molar-refractivity contribution in [2.75, 3.05) is 5.32 Å². The maximum absolute atomic E-state index is 12.7. The van der Waals surface area contributed by atoms with E-state index in [1.807, 2.05) is 24.3 Å². The number of carbonyl (C=O) groups excluding carboxylic acids is 3. The summed E-state index contributed by atoms with van der Waals surface area (Å²) in [7, 11) is 0. The van der Waals surface area contributed by atoms with Crippen LogP contribution in [0.4, 0.5) is 5.69 Å². The first-order valence-electron chi connectivity index (χ1n) is 9.91. The molecule has 0 saturated heterocycles. The molecule has 0 atom stereocenters. The maximum Gasteiger partial charge on any atom is 0.256 e. The summed E-state index contributed by atoms with van der Waals surface area (Å²) in [5, 5.41) is 6.47. The van der Waals surface area contributed by atoms with Gasteiger partial charge in [-0.1, -0.05) is 49.2 Å². The monoisotopic (exact) mass is 473 g/mol. The third kappa shape index (κ3) is 5.19. The molecule has 8 heteroatoms. The largest absolute Gasteiger partial charge is 0.347 e. The van der Waals surface area contributed by atoms with Crippen LogP contribution in [-0.4, -0.2) is 23.1 Å². The molecule has 1 aromatic heterocycles. The van der Waals surface area contributed by atoms with Crippen LogP contribution in [0.1, 0.15) is 30.6 Å². The number of nitrogens with one attached hydrogen (secondary N) is 2. The molecule has 0 radical (unpaired) electrons. The standard InChI is InChI=1S/C25H19N3O3S2/c1-15(14-29)7-8-16(2)25-27-13-18(32-25)12-26-23(30)17-9-10-22-20(11-17)28-24(31)19-5-3-4-6-21(19)33-22/h3-11,13-14H,1-2,12H2,(H,26,30)(H,28,31)/b8-7-. The summed E-state index contributed by atoms with van der Waals surface area (Å²) < 4.78 is 0. The lowest BCUT2D eigenvalue weighted by molar-refractivity contribution is -0.104. The summed E-state index contributed by atoms with van der Waals surface area (Å²) in [4.78, 5) is 42.8. The van der Waals surface area contributed by atoms with Crippen LogP contribution in [0, 0.1) is 0 Å². The molecule has 2 amide bonds. The number of amides is 2. The van der Waals surface area contributed by atoms with Gasteiger partial charge in [-0.3, -0.25) is 14.4 Å². The number of anilines is 1. The Morgan fingerprint density at radius 3 is 2.76 bits per heavy atom. The van der Waals surface area contributed by atoms with Gasteiger partial charge in [0.2, 0.25) is 0 Å². The Kier molecular flexibility index (Phi) is 6.67. The van der Waals surface area contributed by atoms with Crippen molar-refractivity contribution in [3.05, 3.63) is 101 Å². The van der Waals surface area contributed by atoms with Gasteiger partial charge in [-0.25, -0.2) is 4.98 Å². The Hall–Kier alpha value is -3.75. The molecule has 2 aromatic carbocycles. The Bertz CT molecular complexity index is 1320. The van der Waals surface area contributed by atoms with Gasteiger partial charge in [0.25, 0.3) is 11.8 Å². The summed E-state index contributed by atoms with van der Waals surface area (Å²) in [6.45, 7) is 7.82. The van der Waals surface area contributed by atoms with Gasteiger partial charge in [-0.15, -0.1) is 11.3 Å². The summed E-state index contributed by atoms with van der Waals surface area (Å²) >= 11 is 2.89. The molecule has 0 saturated carbocycles. The van der Waals surface area contributed by atoms with Crippen LogP contribution in [-0.2, 0) is 11.3 Å². The zero-order valence-corrected chi connectivity index (χ0v) is 19.1. The fourth-order valence-electron chi connectivity index (χ4n) is 3.03. The fourth-order valence-corrected chi connectivity index (χ4v) is 4.85. The molecule has 2 N–H and O–H groups in total. The minimum absolute atomic E-state index is 0.197. The van der Waals surface area contributed by atoms with Crippen molar-refractivity contribution in [1.82, 2.24) is 10.3 Å². The van der Waals surface area contributed by atoms with E-state index in [-0.39, 0.29) is 11.8 Å². The molecule has 0 unspecified atom stereocenters. The number of benzene rings is 2. The molecule has 2 heterocycles. The molecule has 4 rings (SSSR count). The number of hydrogen-bond donors (Lipinski definition) is 2. The Morgan fingerprint density at radius 2 is 1.94 bits per heavy atom. The molecule has 33 heavy (non-hydrogen) atoms. The molecule has 0 bridgehead atoms. The molecular weight excluding hydrogens is 454 g/mol. The second kappa shape index (κ2) is 9.81. The molecule has 1 aliphatic rings. The van der Waals surface area contributed by atoms with Crippen molar-refractivity contribution in [2.24, 2.45) is 0 Å². The van der Waals surface area contributed by atoms with Crippen LogP contribution in [0.15, 0.2) is 89.3 Å². The molecule has 0 aliphatic carbocycles.